The van der Waals surface area contributed by atoms with Gasteiger partial charge >= 0.3 is 11.6 Å². The van der Waals surface area contributed by atoms with Gasteiger partial charge in [-0.1, -0.05) is 33.6 Å². The number of nitrogens with one attached hydrogen (secondary N) is 1. The lowest BCUT2D eigenvalue weighted by molar-refractivity contribution is -0.133. The predicted molar refractivity (Wildman–Crippen MR) is 98.1 cm³/mol. The fourth-order valence-corrected chi connectivity index (χ4v) is 3.52. The summed E-state index contributed by atoms with van der Waals surface area (Å²) in [5.74, 6) is -0.462. The standard InChI is InChI=1S/C20H29NO5/c1-11(2)18(19(23)21-15-9-7-6-8-12(15)3)26-20(24)17-13(4)10-16(22)25-14(17)5/h10-12,15,18H,6-9H2,1-5H3,(H,21,23). The van der Waals surface area contributed by atoms with Crippen LogP contribution in [-0.2, 0) is 9.53 Å². The molecule has 1 aromatic heterocycles. The number of carbonyl (C=O) groups is 2. The molecule has 1 N–H and O–H groups in total. The third-order valence-corrected chi connectivity index (χ3v) is 5.08. The van der Waals surface area contributed by atoms with Crippen LogP contribution in [0.4, 0.5) is 0 Å². The molecule has 1 aliphatic rings. The van der Waals surface area contributed by atoms with Crippen molar-refractivity contribution in [1.29, 1.82) is 0 Å². The lowest BCUT2D eigenvalue weighted by Gasteiger charge is -2.31. The van der Waals surface area contributed by atoms with E-state index in [9.17, 15) is 14.4 Å². The van der Waals surface area contributed by atoms with Gasteiger partial charge in [0, 0.05) is 12.1 Å². The molecule has 26 heavy (non-hydrogen) atoms. The van der Waals surface area contributed by atoms with Crippen molar-refractivity contribution >= 4 is 11.9 Å². The van der Waals surface area contributed by atoms with Crippen molar-refractivity contribution in [1.82, 2.24) is 5.32 Å². The SMILES string of the molecule is Cc1cc(=O)oc(C)c1C(=O)OC(C(=O)NC1CCCCC1C)C(C)C. The number of aryl methyl sites for hydroxylation is 2. The van der Waals surface area contributed by atoms with Gasteiger partial charge in [-0.2, -0.15) is 0 Å². The molecule has 6 nitrogen and oxygen atoms in total. The lowest BCUT2D eigenvalue weighted by Crippen LogP contribution is -2.48. The Morgan fingerprint density at radius 1 is 1.23 bits per heavy atom. The van der Waals surface area contributed by atoms with Crippen molar-refractivity contribution < 1.29 is 18.7 Å². The molecule has 6 heteroatoms. The Morgan fingerprint density at radius 3 is 2.46 bits per heavy atom. The first kappa shape index (κ1) is 20.2. The zero-order valence-electron chi connectivity index (χ0n) is 16.3. The van der Waals surface area contributed by atoms with E-state index in [0.29, 0.717) is 11.5 Å². The second kappa shape index (κ2) is 8.52. The van der Waals surface area contributed by atoms with Gasteiger partial charge in [-0.25, -0.2) is 9.59 Å². The molecule has 1 saturated carbocycles. The van der Waals surface area contributed by atoms with E-state index >= 15 is 0 Å². The van der Waals surface area contributed by atoms with Gasteiger partial charge < -0.3 is 14.5 Å². The van der Waals surface area contributed by atoms with E-state index in [1.54, 1.807) is 13.8 Å². The molecule has 0 aromatic carbocycles. The van der Waals surface area contributed by atoms with E-state index in [0.717, 1.165) is 19.3 Å². The van der Waals surface area contributed by atoms with Crippen LogP contribution in [0.5, 0.6) is 0 Å². The Labute approximate surface area is 154 Å². The Kier molecular flexibility index (Phi) is 6.62. The largest absolute Gasteiger partial charge is 0.448 e. The molecule has 1 amide bonds. The highest BCUT2D eigenvalue weighted by atomic mass is 16.5. The second-order valence-electron chi connectivity index (χ2n) is 7.63. The Morgan fingerprint density at radius 2 is 1.88 bits per heavy atom. The topological polar surface area (TPSA) is 85.6 Å². The van der Waals surface area contributed by atoms with Gasteiger partial charge in [0.1, 0.15) is 11.3 Å². The highest BCUT2D eigenvalue weighted by Crippen LogP contribution is 2.24. The monoisotopic (exact) mass is 363 g/mol. The molecule has 1 heterocycles. The van der Waals surface area contributed by atoms with E-state index < -0.39 is 17.7 Å². The molecule has 0 aliphatic heterocycles. The van der Waals surface area contributed by atoms with Crippen LogP contribution >= 0.6 is 0 Å². The molecular formula is C20H29NO5. The van der Waals surface area contributed by atoms with Gasteiger partial charge in [-0.05, 0) is 44.1 Å². The summed E-state index contributed by atoms with van der Waals surface area (Å²) < 4.78 is 10.5. The first-order valence-corrected chi connectivity index (χ1v) is 9.33. The normalized spacial score (nSPS) is 21.3. The van der Waals surface area contributed by atoms with Crippen LogP contribution in [0, 0.1) is 25.7 Å². The molecule has 0 spiro atoms. The number of amides is 1. The van der Waals surface area contributed by atoms with Crippen molar-refractivity contribution in [3.8, 4) is 0 Å². The van der Waals surface area contributed by atoms with Crippen molar-refractivity contribution in [3.63, 3.8) is 0 Å². The summed E-state index contributed by atoms with van der Waals surface area (Å²) >= 11 is 0. The van der Waals surface area contributed by atoms with Crippen molar-refractivity contribution in [2.75, 3.05) is 0 Å². The minimum Gasteiger partial charge on any atom is -0.448 e. The zero-order valence-corrected chi connectivity index (χ0v) is 16.3. The van der Waals surface area contributed by atoms with E-state index in [2.05, 4.69) is 12.2 Å². The maximum atomic E-state index is 12.7. The van der Waals surface area contributed by atoms with Crippen LogP contribution in [-0.4, -0.2) is 24.0 Å². The maximum absolute atomic E-state index is 12.7. The van der Waals surface area contributed by atoms with Crippen molar-refractivity contribution in [2.45, 2.75) is 72.4 Å². The number of esters is 1. The molecule has 0 radical (unpaired) electrons. The maximum Gasteiger partial charge on any atom is 0.342 e. The molecule has 1 aliphatic carbocycles. The summed E-state index contributed by atoms with van der Waals surface area (Å²) in [5, 5.41) is 3.06. The molecule has 3 atom stereocenters. The molecule has 1 aromatic rings. The van der Waals surface area contributed by atoms with Crippen LogP contribution in [0.3, 0.4) is 0 Å². The van der Waals surface area contributed by atoms with Gasteiger partial charge in [0.05, 0.1) is 0 Å². The molecule has 1 fully saturated rings. The minimum absolute atomic E-state index is 0.120. The Balaban J connectivity index is 2.13. The van der Waals surface area contributed by atoms with Crippen molar-refractivity contribution in [2.24, 2.45) is 11.8 Å². The van der Waals surface area contributed by atoms with Gasteiger partial charge in [0.2, 0.25) is 0 Å². The van der Waals surface area contributed by atoms with Crippen LogP contribution in [0.1, 0.15) is 68.1 Å². The molecule has 0 saturated heterocycles. The van der Waals surface area contributed by atoms with Gasteiger partial charge in [-0.3, -0.25) is 4.79 Å². The minimum atomic E-state index is -0.887. The van der Waals surface area contributed by atoms with Crippen molar-refractivity contribution in [3.05, 3.63) is 33.4 Å². The first-order valence-electron chi connectivity index (χ1n) is 9.33. The third kappa shape index (κ3) is 4.74. The number of carbonyl (C=O) groups excluding carboxylic acids is 2. The second-order valence-corrected chi connectivity index (χ2v) is 7.63. The van der Waals surface area contributed by atoms with Gasteiger partial charge in [0.25, 0.3) is 5.91 Å². The molecular weight excluding hydrogens is 334 g/mol. The Bertz CT molecular complexity index is 695. The van der Waals surface area contributed by atoms with Gasteiger partial charge in [0.15, 0.2) is 6.10 Å². The number of hydrogen-bond donors (Lipinski definition) is 1. The summed E-state index contributed by atoms with van der Waals surface area (Å²) in [5.41, 5.74) is 0.169. The molecule has 0 bridgehead atoms. The molecule has 144 valence electrons. The van der Waals surface area contributed by atoms with E-state index in [1.165, 1.54) is 12.5 Å². The van der Waals surface area contributed by atoms with E-state index in [4.69, 9.17) is 9.15 Å². The highest BCUT2D eigenvalue weighted by molar-refractivity contribution is 5.94. The summed E-state index contributed by atoms with van der Waals surface area (Å²) in [7, 11) is 0. The zero-order chi connectivity index (χ0) is 19.4. The van der Waals surface area contributed by atoms with E-state index in [-0.39, 0.29) is 29.2 Å². The average Bonchev–Trinajstić information content (AvgIpc) is 2.53. The van der Waals surface area contributed by atoms with Crippen LogP contribution in [0.25, 0.3) is 0 Å². The fraction of sp³-hybridized carbons (Fsp3) is 0.650. The molecule has 3 unspecified atom stereocenters. The fourth-order valence-electron chi connectivity index (χ4n) is 3.52. The third-order valence-electron chi connectivity index (χ3n) is 5.08. The van der Waals surface area contributed by atoms with Gasteiger partial charge in [-0.15, -0.1) is 0 Å². The number of hydrogen-bond acceptors (Lipinski definition) is 5. The quantitative estimate of drug-likeness (QED) is 0.812. The average molecular weight is 363 g/mol. The Hall–Kier alpha value is -2.11. The van der Waals surface area contributed by atoms with E-state index in [1.807, 2.05) is 13.8 Å². The lowest BCUT2D eigenvalue weighted by atomic mass is 9.85. The number of rotatable bonds is 5. The smallest absolute Gasteiger partial charge is 0.342 e. The van der Waals surface area contributed by atoms with Crippen LogP contribution in [0.2, 0.25) is 0 Å². The number of ether oxygens (including phenoxy) is 1. The highest BCUT2D eigenvalue weighted by Gasteiger charge is 2.32. The summed E-state index contributed by atoms with van der Waals surface area (Å²) in [6.07, 6.45) is 3.45. The summed E-state index contributed by atoms with van der Waals surface area (Å²) in [4.78, 5) is 36.7. The van der Waals surface area contributed by atoms with Crippen LogP contribution in [0.15, 0.2) is 15.3 Å². The summed E-state index contributed by atoms with van der Waals surface area (Å²) in [6.45, 7) is 9.01. The molecule has 2 rings (SSSR count). The first-order chi connectivity index (χ1) is 12.2. The van der Waals surface area contributed by atoms with Crippen LogP contribution < -0.4 is 10.9 Å². The predicted octanol–water partition coefficient (Wildman–Crippen LogP) is 3.13. The summed E-state index contributed by atoms with van der Waals surface area (Å²) in [6, 6.07) is 1.37.